The zero-order valence-corrected chi connectivity index (χ0v) is 9.91. The zero-order valence-electron chi connectivity index (χ0n) is 9.91. The minimum Gasteiger partial charge on any atom is -0.497 e. The van der Waals surface area contributed by atoms with Crippen LogP contribution in [0.5, 0.6) is 5.75 Å². The monoisotopic (exact) mass is 223 g/mol. The summed E-state index contributed by atoms with van der Waals surface area (Å²) in [6.07, 6.45) is 3.12. The third-order valence-electron chi connectivity index (χ3n) is 2.50. The molecule has 0 saturated heterocycles. The van der Waals surface area contributed by atoms with Gasteiger partial charge in [-0.3, -0.25) is 0 Å². The molecule has 1 rings (SSSR count). The minimum atomic E-state index is 0.304. The zero-order chi connectivity index (χ0) is 11.6. The van der Waals surface area contributed by atoms with Crippen molar-refractivity contribution in [2.24, 2.45) is 0 Å². The summed E-state index contributed by atoms with van der Waals surface area (Å²) in [6, 6.07) is 8.09. The van der Waals surface area contributed by atoms with Gasteiger partial charge >= 0.3 is 0 Å². The molecular weight excluding hydrogens is 202 g/mol. The number of nitrogens with one attached hydrogen (secondary N) is 1. The molecule has 3 heteroatoms. The Morgan fingerprint density at radius 3 is 2.50 bits per heavy atom. The van der Waals surface area contributed by atoms with E-state index < -0.39 is 0 Å². The molecule has 0 radical (unpaired) electrons. The number of hydrogen-bond donors (Lipinski definition) is 2. The van der Waals surface area contributed by atoms with E-state index in [4.69, 9.17) is 9.84 Å². The normalized spacial score (nSPS) is 10.4. The van der Waals surface area contributed by atoms with Gasteiger partial charge in [0.1, 0.15) is 5.75 Å². The van der Waals surface area contributed by atoms with Crippen molar-refractivity contribution in [2.45, 2.75) is 25.8 Å². The molecule has 0 aliphatic rings. The lowest BCUT2D eigenvalue weighted by molar-refractivity contribution is 0.283. The SMILES string of the molecule is COc1ccc(CNCCCCCO)cc1. The van der Waals surface area contributed by atoms with Gasteiger partial charge in [-0.2, -0.15) is 0 Å². The van der Waals surface area contributed by atoms with Crippen LogP contribution in [0.15, 0.2) is 24.3 Å². The molecule has 1 aromatic carbocycles. The van der Waals surface area contributed by atoms with Crippen molar-refractivity contribution in [3.8, 4) is 5.75 Å². The average Bonchev–Trinajstić information content (AvgIpc) is 2.34. The molecule has 0 amide bonds. The molecule has 0 fully saturated rings. The fourth-order valence-corrected chi connectivity index (χ4v) is 1.51. The highest BCUT2D eigenvalue weighted by atomic mass is 16.5. The Labute approximate surface area is 97.4 Å². The standard InChI is InChI=1S/C13H21NO2/c1-16-13-7-5-12(6-8-13)11-14-9-3-2-4-10-15/h5-8,14-15H,2-4,9-11H2,1H3. The maximum Gasteiger partial charge on any atom is 0.118 e. The Hall–Kier alpha value is -1.06. The predicted molar refractivity (Wildman–Crippen MR) is 65.6 cm³/mol. The van der Waals surface area contributed by atoms with Gasteiger partial charge < -0.3 is 15.2 Å². The van der Waals surface area contributed by atoms with Crippen LogP contribution in [0, 0.1) is 0 Å². The molecule has 0 saturated carbocycles. The van der Waals surface area contributed by atoms with Crippen molar-refractivity contribution >= 4 is 0 Å². The number of aliphatic hydroxyl groups excluding tert-OH is 1. The Morgan fingerprint density at radius 2 is 1.88 bits per heavy atom. The molecule has 0 aliphatic heterocycles. The average molecular weight is 223 g/mol. The third-order valence-corrected chi connectivity index (χ3v) is 2.50. The summed E-state index contributed by atoms with van der Waals surface area (Å²) in [5.74, 6) is 0.895. The van der Waals surface area contributed by atoms with Gasteiger partial charge in [-0.05, 0) is 43.5 Å². The second-order valence-electron chi connectivity index (χ2n) is 3.81. The van der Waals surface area contributed by atoms with E-state index in [0.717, 1.165) is 38.1 Å². The van der Waals surface area contributed by atoms with Gasteiger partial charge in [0, 0.05) is 13.2 Å². The number of rotatable bonds is 8. The molecule has 3 nitrogen and oxygen atoms in total. The van der Waals surface area contributed by atoms with E-state index in [2.05, 4.69) is 17.4 Å². The van der Waals surface area contributed by atoms with E-state index in [1.54, 1.807) is 7.11 Å². The first kappa shape index (κ1) is 13.0. The van der Waals surface area contributed by atoms with Crippen LogP contribution in [-0.4, -0.2) is 25.4 Å². The van der Waals surface area contributed by atoms with Crippen molar-refractivity contribution in [3.63, 3.8) is 0 Å². The second kappa shape index (κ2) is 8.13. The highest BCUT2D eigenvalue weighted by molar-refractivity contribution is 5.26. The molecule has 16 heavy (non-hydrogen) atoms. The number of ether oxygens (including phenoxy) is 1. The second-order valence-corrected chi connectivity index (χ2v) is 3.81. The predicted octanol–water partition coefficient (Wildman–Crippen LogP) is 1.95. The van der Waals surface area contributed by atoms with E-state index in [1.165, 1.54) is 5.56 Å². The van der Waals surface area contributed by atoms with Crippen LogP contribution in [-0.2, 0) is 6.54 Å². The van der Waals surface area contributed by atoms with Crippen molar-refractivity contribution < 1.29 is 9.84 Å². The number of unbranched alkanes of at least 4 members (excludes halogenated alkanes) is 2. The summed E-state index contributed by atoms with van der Waals surface area (Å²) in [5, 5.41) is 12.0. The molecule has 0 atom stereocenters. The topological polar surface area (TPSA) is 41.5 Å². The van der Waals surface area contributed by atoms with Crippen molar-refractivity contribution in [3.05, 3.63) is 29.8 Å². The van der Waals surface area contributed by atoms with Crippen LogP contribution in [0.2, 0.25) is 0 Å². The summed E-state index contributed by atoms with van der Waals surface area (Å²) in [7, 11) is 1.68. The van der Waals surface area contributed by atoms with Crippen LogP contribution in [0.25, 0.3) is 0 Å². The lowest BCUT2D eigenvalue weighted by Crippen LogP contribution is -2.14. The molecule has 0 aromatic heterocycles. The molecule has 0 heterocycles. The molecule has 0 spiro atoms. The molecule has 0 bridgehead atoms. The molecule has 90 valence electrons. The number of aliphatic hydroxyl groups is 1. The number of hydrogen-bond acceptors (Lipinski definition) is 3. The summed E-state index contributed by atoms with van der Waals surface area (Å²) >= 11 is 0. The van der Waals surface area contributed by atoms with Gasteiger partial charge in [0.25, 0.3) is 0 Å². The molecule has 0 unspecified atom stereocenters. The van der Waals surface area contributed by atoms with E-state index in [9.17, 15) is 0 Å². The maximum atomic E-state index is 8.62. The van der Waals surface area contributed by atoms with Crippen LogP contribution in [0.3, 0.4) is 0 Å². The maximum absolute atomic E-state index is 8.62. The number of methoxy groups -OCH3 is 1. The van der Waals surface area contributed by atoms with E-state index in [-0.39, 0.29) is 0 Å². The van der Waals surface area contributed by atoms with Crippen molar-refractivity contribution in [2.75, 3.05) is 20.3 Å². The highest BCUT2D eigenvalue weighted by Gasteiger charge is 1.94. The quantitative estimate of drug-likeness (QED) is 0.662. The first-order valence-electron chi connectivity index (χ1n) is 5.81. The molecule has 0 aliphatic carbocycles. The van der Waals surface area contributed by atoms with Crippen LogP contribution in [0.1, 0.15) is 24.8 Å². The van der Waals surface area contributed by atoms with Gasteiger partial charge in [0.15, 0.2) is 0 Å². The van der Waals surface area contributed by atoms with Gasteiger partial charge in [0.2, 0.25) is 0 Å². The van der Waals surface area contributed by atoms with E-state index in [0.29, 0.717) is 6.61 Å². The smallest absolute Gasteiger partial charge is 0.118 e. The van der Waals surface area contributed by atoms with Gasteiger partial charge in [-0.15, -0.1) is 0 Å². The third kappa shape index (κ3) is 5.14. The molecule has 2 N–H and O–H groups in total. The summed E-state index contributed by atoms with van der Waals surface area (Å²) in [5.41, 5.74) is 1.27. The minimum absolute atomic E-state index is 0.304. The summed E-state index contributed by atoms with van der Waals surface area (Å²) in [6.45, 7) is 2.20. The van der Waals surface area contributed by atoms with Crippen LogP contribution >= 0.6 is 0 Å². The van der Waals surface area contributed by atoms with Crippen LogP contribution < -0.4 is 10.1 Å². The number of benzene rings is 1. The Bertz CT molecular complexity index is 272. The largest absolute Gasteiger partial charge is 0.497 e. The van der Waals surface area contributed by atoms with Crippen molar-refractivity contribution in [1.82, 2.24) is 5.32 Å². The molecule has 1 aromatic rings. The highest BCUT2D eigenvalue weighted by Crippen LogP contribution is 2.10. The van der Waals surface area contributed by atoms with Gasteiger partial charge in [0.05, 0.1) is 7.11 Å². The van der Waals surface area contributed by atoms with E-state index >= 15 is 0 Å². The van der Waals surface area contributed by atoms with E-state index in [1.807, 2.05) is 12.1 Å². The Morgan fingerprint density at radius 1 is 1.12 bits per heavy atom. The lowest BCUT2D eigenvalue weighted by atomic mass is 10.2. The Kier molecular flexibility index (Phi) is 6.61. The summed E-state index contributed by atoms with van der Waals surface area (Å²) < 4.78 is 5.10. The molecular formula is C13H21NO2. The Balaban J connectivity index is 2.12. The van der Waals surface area contributed by atoms with Crippen molar-refractivity contribution in [1.29, 1.82) is 0 Å². The summed E-state index contributed by atoms with van der Waals surface area (Å²) in [4.78, 5) is 0. The van der Waals surface area contributed by atoms with Gasteiger partial charge in [-0.25, -0.2) is 0 Å². The fraction of sp³-hybridized carbons (Fsp3) is 0.538. The fourth-order valence-electron chi connectivity index (χ4n) is 1.51. The van der Waals surface area contributed by atoms with Crippen LogP contribution in [0.4, 0.5) is 0 Å². The van der Waals surface area contributed by atoms with Gasteiger partial charge in [-0.1, -0.05) is 12.1 Å². The first-order chi connectivity index (χ1) is 7.86. The first-order valence-corrected chi connectivity index (χ1v) is 5.81. The lowest BCUT2D eigenvalue weighted by Gasteiger charge is -2.05.